The van der Waals surface area contributed by atoms with Crippen LogP contribution >= 0.6 is 0 Å². The molecule has 0 aliphatic carbocycles. The number of rotatable bonds is 7. The minimum Gasteiger partial charge on any atom is -0.312 e. The number of nitrogens with one attached hydrogen (secondary N) is 1. The summed E-state index contributed by atoms with van der Waals surface area (Å²) in [4.78, 5) is 2.68. The lowest BCUT2D eigenvalue weighted by atomic mass is 9.86. The molecule has 0 aromatic heterocycles. The SMILES string of the molecule is CCCNC(CN1CCC(CCC)C1)C(C)(C)C. The molecule has 1 aliphatic rings. The molecule has 108 valence electrons. The van der Waals surface area contributed by atoms with E-state index in [1.54, 1.807) is 0 Å². The first kappa shape index (κ1) is 16.0. The first-order chi connectivity index (χ1) is 8.47. The van der Waals surface area contributed by atoms with Crippen molar-refractivity contribution in [3.63, 3.8) is 0 Å². The maximum absolute atomic E-state index is 3.74. The maximum atomic E-state index is 3.74. The van der Waals surface area contributed by atoms with Crippen molar-refractivity contribution in [1.82, 2.24) is 10.2 Å². The molecule has 2 heteroatoms. The van der Waals surface area contributed by atoms with Crippen LogP contribution in [0.4, 0.5) is 0 Å². The van der Waals surface area contributed by atoms with Crippen molar-refractivity contribution in [2.75, 3.05) is 26.2 Å². The molecular formula is C16H34N2. The van der Waals surface area contributed by atoms with Crippen LogP contribution in [-0.4, -0.2) is 37.1 Å². The zero-order valence-corrected chi connectivity index (χ0v) is 13.3. The molecule has 1 saturated heterocycles. The fourth-order valence-corrected chi connectivity index (χ4v) is 2.94. The molecule has 0 saturated carbocycles. The summed E-state index contributed by atoms with van der Waals surface area (Å²) in [5.41, 5.74) is 0.359. The highest BCUT2D eigenvalue weighted by molar-refractivity contribution is 4.86. The molecule has 2 nitrogen and oxygen atoms in total. The molecule has 0 radical (unpaired) electrons. The predicted octanol–water partition coefficient (Wildman–Crippen LogP) is 3.52. The quantitative estimate of drug-likeness (QED) is 0.748. The largest absolute Gasteiger partial charge is 0.312 e. The summed E-state index contributed by atoms with van der Waals surface area (Å²) in [5, 5.41) is 3.74. The van der Waals surface area contributed by atoms with Gasteiger partial charge in [-0.2, -0.15) is 0 Å². The van der Waals surface area contributed by atoms with Gasteiger partial charge < -0.3 is 10.2 Å². The third kappa shape index (κ3) is 5.27. The van der Waals surface area contributed by atoms with Gasteiger partial charge in [0.25, 0.3) is 0 Å². The summed E-state index contributed by atoms with van der Waals surface area (Å²) in [6, 6.07) is 0.623. The van der Waals surface area contributed by atoms with Crippen LogP contribution in [-0.2, 0) is 0 Å². The van der Waals surface area contributed by atoms with Crippen LogP contribution in [0.2, 0.25) is 0 Å². The molecule has 0 amide bonds. The van der Waals surface area contributed by atoms with Gasteiger partial charge >= 0.3 is 0 Å². The monoisotopic (exact) mass is 254 g/mol. The van der Waals surface area contributed by atoms with Crippen molar-refractivity contribution in [3.05, 3.63) is 0 Å². The molecule has 18 heavy (non-hydrogen) atoms. The van der Waals surface area contributed by atoms with Gasteiger partial charge in [0.05, 0.1) is 0 Å². The Morgan fingerprint density at radius 3 is 2.50 bits per heavy atom. The highest BCUT2D eigenvalue weighted by Gasteiger charge is 2.29. The van der Waals surface area contributed by atoms with E-state index in [1.807, 2.05) is 0 Å². The lowest BCUT2D eigenvalue weighted by Crippen LogP contribution is -2.48. The first-order valence-electron chi connectivity index (χ1n) is 7.93. The first-order valence-corrected chi connectivity index (χ1v) is 7.93. The van der Waals surface area contributed by atoms with Gasteiger partial charge in [-0.1, -0.05) is 41.0 Å². The van der Waals surface area contributed by atoms with Gasteiger partial charge in [0.2, 0.25) is 0 Å². The minimum absolute atomic E-state index is 0.359. The Bertz CT molecular complexity index is 220. The fourth-order valence-electron chi connectivity index (χ4n) is 2.94. The fraction of sp³-hybridized carbons (Fsp3) is 1.00. The molecule has 0 aromatic carbocycles. The Labute approximate surface area is 115 Å². The lowest BCUT2D eigenvalue weighted by molar-refractivity contribution is 0.190. The second kappa shape index (κ2) is 7.49. The van der Waals surface area contributed by atoms with E-state index < -0.39 is 0 Å². The molecule has 2 unspecified atom stereocenters. The van der Waals surface area contributed by atoms with Crippen molar-refractivity contribution in [3.8, 4) is 0 Å². The summed E-state index contributed by atoms with van der Waals surface area (Å²) in [6.07, 6.45) is 5.40. The Kier molecular flexibility index (Phi) is 6.65. The van der Waals surface area contributed by atoms with Crippen LogP contribution in [0.5, 0.6) is 0 Å². The van der Waals surface area contributed by atoms with E-state index >= 15 is 0 Å². The van der Waals surface area contributed by atoms with Gasteiger partial charge in [-0.3, -0.25) is 0 Å². The highest BCUT2D eigenvalue weighted by atomic mass is 15.2. The van der Waals surface area contributed by atoms with E-state index in [9.17, 15) is 0 Å². The van der Waals surface area contributed by atoms with Crippen LogP contribution in [0.15, 0.2) is 0 Å². The van der Waals surface area contributed by atoms with Crippen LogP contribution < -0.4 is 5.32 Å². The maximum Gasteiger partial charge on any atom is 0.0243 e. The highest BCUT2D eigenvalue weighted by Crippen LogP contribution is 2.25. The van der Waals surface area contributed by atoms with Crippen LogP contribution in [0.3, 0.4) is 0 Å². The molecule has 1 rings (SSSR count). The van der Waals surface area contributed by atoms with Crippen molar-refractivity contribution in [1.29, 1.82) is 0 Å². The van der Waals surface area contributed by atoms with E-state index in [0.29, 0.717) is 11.5 Å². The molecule has 1 N–H and O–H groups in total. The van der Waals surface area contributed by atoms with E-state index in [0.717, 1.165) is 12.5 Å². The standard InChI is InChI=1S/C16H34N2/c1-6-8-14-9-11-18(12-14)13-15(16(3,4)5)17-10-7-2/h14-15,17H,6-13H2,1-5H3. The Balaban J connectivity index is 2.41. The van der Waals surface area contributed by atoms with Gasteiger partial charge in [0.15, 0.2) is 0 Å². The van der Waals surface area contributed by atoms with Crippen LogP contribution in [0, 0.1) is 11.3 Å². The molecule has 1 fully saturated rings. The molecular weight excluding hydrogens is 220 g/mol. The number of likely N-dealkylation sites (tertiary alicyclic amines) is 1. The van der Waals surface area contributed by atoms with Gasteiger partial charge in [-0.05, 0) is 43.7 Å². The summed E-state index contributed by atoms with van der Waals surface area (Å²) in [5.74, 6) is 0.960. The lowest BCUT2D eigenvalue weighted by Gasteiger charge is -2.35. The number of hydrogen-bond acceptors (Lipinski definition) is 2. The average Bonchev–Trinajstić information content (AvgIpc) is 2.71. The minimum atomic E-state index is 0.359. The molecule has 1 heterocycles. The van der Waals surface area contributed by atoms with Gasteiger partial charge in [0.1, 0.15) is 0 Å². The van der Waals surface area contributed by atoms with E-state index in [1.165, 1.54) is 45.3 Å². The van der Waals surface area contributed by atoms with Crippen LogP contribution in [0.1, 0.15) is 60.3 Å². The Morgan fingerprint density at radius 2 is 1.94 bits per heavy atom. The summed E-state index contributed by atoms with van der Waals surface area (Å²) in [6.45, 7) is 16.7. The summed E-state index contributed by atoms with van der Waals surface area (Å²) in [7, 11) is 0. The van der Waals surface area contributed by atoms with E-state index in [4.69, 9.17) is 0 Å². The van der Waals surface area contributed by atoms with E-state index in [2.05, 4.69) is 44.8 Å². The molecule has 0 aromatic rings. The zero-order chi connectivity index (χ0) is 13.6. The summed E-state index contributed by atoms with van der Waals surface area (Å²) >= 11 is 0. The normalized spacial score (nSPS) is 23.5. The van der Waals surface area contributed by atoms with Crippen molar-refractivity contribution in [2.45, 2.75) is 66.3 Å². The molecule has 2 atom stereocenters. The van der Waals surface area contributed by atoms with E-state index in [-0.39, 0.29) is 0 Å². The van der Waals surface area contributed by atoms with Crippen molar-refractivity contribution < 1.29 is 0 Å². The third-order valence-electron chi connectivity index (χ3n) is 4.19. The van der Waals surface area contributed by atoms with Crippen molar-refractivity contribution >= 4 is 0 Å². The number of hydrogen-bond donors (Lipinski definition) is 1. The average molecular weight is 254 g/mol. The second-order valence-corrected chi connectivity index (χ2v) is 7.08. The molecule has 0 spiro atoms. The van der Waals surface area contributed by atoms with Gasteiger partial charge in [-0.15, -0.1) is 0 Å². The summed E-state index contributed by atoms with van der Waals surface area (Å²) < 4.78 is 0. The van der Waals surface area contributed by atoms with Crippen LogP contribution in [0.25, 0.3) is 0 Å². The van der Waals surface area contributed by atoms with Gasteiger partial charge in [0, 0.05) is 19.1 Å². The second-order valence-electron chi connectivity index (χ2n) is 7.08. The number of nitrogens with zero attached hydrogens (tertiary/aromatic N) is 1. The third-order valence-corrected chi connectivity index (χ3v) is 4.19. The predicted molar refractivity (Wildman–Crippen MR) is 81.0 cm³/mol. The molecule has 1 aliphatic heterocycles. The molecule has 0 bridgehead atoms. The van der Waals surface area contributed by atoms with Gasteiger partial charge in [-0.25, -0.2) is 0 Å². The smallest absolute Gasteiger partial charge is 0.0243 e. The topological polar surface area (TPSA) is 15.3 Å². The Hall–Kier alpha value is -0.0800. The zero-order valence-electron chi connectivity index (χ0n) is 13.3. The van der Waals surface area contributed by atoms with Crippen molar-refractivity contribution in [2.24, 2.45) is 11.3 Å². The Morgan fingerprint density at radius 1 is 1.22 bits per heavy atom.